The number of hydrogen-bond acceptors (Lipinski definition) is 3. The Hall–Kier alpha value is -1.25. The molecule has 0 radical (unpaired) electrons. The normalized spacial score (nSPS) is 15.8. The molecule has 3 heteroatoms. The molecular formula is C11H14N2O. The first-order chi connectivity index (χ1) is 6.70. The van der Waals surface area contributed by atoms with E-state index in [1.165, 1.54) is 0 Å². The number of carbonyl (C=O) groups is 1. The number of fused-ring (bicyclic) bond motifs is 1. The molecule has 0 fully saturated rings. The van der Waals surface area contributed by atoms with Crippen LogP contribution in [0.25, 0.3) is 0 Å². The summed E-state index contributed by atoms with van der Waals surface area (Å²) in [5.41, 5.74) is 2.66. The largest absolute Gasteiger partial charge is 0.294 e. The minimum absolute atomic E-state index is 0.218. The molecule has 0 bridgehead atoms. The topological polar surface area (TPSA) is 42.9 Å². The lowest BCUT2D eigenvalue weighted by Gasteiger charge is -2.17. The van der Waals surface area contributed by atoms with Crippen LogP contribution in [0.4, 0.5) is 0 Å². The van der Waals surface area contributed by atoms with Gasteiger partial charge in [0.15, 0.2) is 5.78 Å². The van der Waals surface area contributed by atoms with E-state index >= 15 is 0 Å². The van der Waals surface area contributed by atoms with Crippen LogP contribution in [0.5, 0.6) is 0 Å². The minimum atomic E-state index is 0.218. The van der Waals surface area contributed by atoms with Gasteiger partial charge < -0.3 is 0 Å². The van der Waals surface area contributed by atoms with Crippen molar-refractivity contribution in [2.24, 2.45) is 0 Å². The van der Waals surface area contributed by atoms with Gasteiger partial charge in [-0.15, -0.1) is 0 Å². The number of rotatable bonds is 1. The van der Waals surface area contributed by atoms with Crippen molar-refractivity contribution < 1.29 is 4.79 Å². The lowest BCUT2D eigenvalue weighted by Crippen LogP contribution is -2.17. The highest BCUT2D eigenvalue weighted by molar-refractivity contribution is 5.99. The molecule has 0 atom stereocenters. The number of nitrogens with zero attached hydrogens (tertiary/aromatic N) is 2. The van der Waals surface area contributed by atoms with Crippen molar-refractivity contribution in [2.75, 3.05) is 0 Å². The molecule has 0 amide bonds. The van der Waals surface area contributed by atoms with Gasteiger partial charge in [0, 0.05) is 6.42 Å². The Bertz CT molecular complexity index is 372. The van der Waals surface area contributed by atoms with Gasteiger partial charge in [-0.3, -0.25) is 4.79 Å². The number of carbonyl (C=O) groups excluding carboxylic acids is 1. The molecule has 0 aliphatic heterocycles. The first-order valence-corrected chi connectivity index (χ1v) is 5.07. The quantitative estimate of drug-likeness (QED) is 0.681. The van der Waals surface area contributed by atoms with Crippen LogP contribution in [-0.2, 0) is 6.42 Å². The minimum Gasteiger partial charge on any atom is -0.294 e. The van der Waals surface area contributed by atoms with E-state index in [2.05, 4.69) is 23.8 Å². The Morgan fingerprint density at radius 1 is 1.29 bits per heavy atom. The predicted molar refractivity (Wildman–Crippen MR) is 53.4 cm³/mol. The van der Waals surface area contributed by atoms with Crippen LogP contribution in [0.3, 0.4) is 0 Å². The van der Waals surface area contributed by atoms with Gasteiger partial charge in [-0.2, -0.15) is 0 Å². The zero-order chi connectivity index (χ0) is 10.1. The Morgan fingerprint density at radius 2 is 2.07 bits per heavy atom. The zero-order valence-electron chi connectivity index (χ0n) is 8.58. The van der Waals surface area contributed by atoms with Gasteiger partial charge in [0.25, 0.3) is 0 Å². The van der Waals surface area contributed by atoms with E-state index in [4.69, 9.17) is 0 Å². The molecule has 1 aromatic rings. The van der Waals surface area contributed by atoms with Crippen LogP contribution in [0.15, 0.2) is 6.33 Å². The summed E-state index contributed by atoms with van der Waals surface area (Å²) in [6.07, 6.45) is 4.08. The van der Waals surface area contributed by atoms with Gasteiger partial charge in [-0.1, -0.05) is 13.8 Å². The molecule has 1 aliphatic rings. The predicted octanol–water partition coefficient (Wildman–Crippen LogP) is 2.12. The van der Waals surface area contributed by atoms with Gasteiger partial charge in [-0.05, 0) is 18.8 Å². The van der Waals surface area contributed by atoms with E-state index in [1.807, 2.05) is 0 Å². The molecule has 0 aromatic carbocycles. The average molecular weight is 190 g/mol. The summed E-state index contributed by atoms with van der Waals surface area (Å²) in [4.78, 5) is 20.1. The monoisotopic (exact) mass is 190 g/mol. The molecule has 74 valence electrons. The fourth-order valence-corrected chi connectivity index (χ4v) is 1.91. The number of ketones is 1. The zero-order valence-corrected chi connectivity index (χ0v) is 8.58. The summed E-state index contributed by atoms with van der Waals surface area (Å²) < 4.78 is 0. The van der Waals surface area contributed by atoms with Crippen molar-refractivity contribution in [3.05, 3.63) is 23.3 Å². The molecule has 2 rings (SSSR count). The fourth-order valence-electron chi connectivity index (χ4n) is 1.91. The van der Waals surface area contributed by atoms with Crippen molar-refractivity contribution in [3.63, 3.8) is 0 Å². The Labute approximate surface area is 83.6 Å². The van der Waals surface area contributed by atoms with E-state index in [0.717, 1.165) is 29.8 Å². The number of Topliss-reactive ketones (excluding diaryl/α,β-unsaturated/α-hetero) is 1. The van der Waals surface area contributed by atoms with Crippen LogP contribution in [-0.4, -0.2) is 15.8 Å². The lowest BCUT2D eigenvalue weighted by atomic mass is 9.90. The maximum Gasteiger partial charge on any atom is 0.166 e. The summed E-state index contributed by atoms with van der Waals surface area (Å²) >= 11 is 0. The van der Waals surface area contributed by atoms with E-state index in [0.29, 0.717) is 12.3 Å². The standard InChI is InChI=1S/C11H14N2O/c1-7(2)11-10-8(12-6-13-11)4-3-5-9(10)14/h6-7H,3-5H2,1-2H3. The van der Waals surface area contributed by atoms with Crippen molar-refractivity contribution in [2.45, 2.75) is 39.0 Å². The first kappa shape index (κ1) is 9.31. The second-order valence-electron chi connectivity index (χ2n) is 4.01. The van der Waals surface area contributed by atoms with Crippen molar-refractivity contribution in [3.8, 4) is 0 Å². The molecule has 1 aliphatic carbocycles. The molecule has 1 aromatic heterocycles. The molecule has 14 heavy (non-hydrogen) atoms. The van der Waals surface area contributed by atoms with Crippen LogP contribution >= 0.6 is 0 Å². The van der Waals surface area contributed by atoms with Gasteiger partial charge in [-0.25, -0.2) is 9.97 Å². The van der Waals surface area contributed by atoms with Crippen molar-refractivity contribution >= 4 is 5.78 Å². The molecule has 0 N–H and O–H groups in total. The molecule has 0 saturated heterocycles. The van der Waals surface area contributed by atoms with E-state index in [-0.39, 0.29) is 5.78 Å². The van der Waals surface area contributed by atoms with Crippen LogP contribution in [0, 0.1) is 0 Å². The summed E-state index contributed by atoms with van der Waals surface area (Å²) in [5.74, 6) is 0.518. The third-order valence-corrected chi connectivity index (χ3v) is 2.60. The van der Waals surface area contributed by atoms with Gasteiger partial charge in [0.05, 0.1) is 17.0 Å². The highest BCUT2D eigenvalue weighted by Crippen LogP contribution is 2.25. The Kier molecular flexibility index (Phi) is 2.32. The van der Waals surface area contributed by atoms with Crippen molar-refractivity contribution in [1.29, 1.82) is 0 Å². The third-order valence-electron chi connectivity index (χ3n) is 2.60. The Balaban J connectivity index is 2.57. The molecule has 0 unspecified atom stereocenters. The summed E-state index contributed by atoms with van der Waals surface area (Å²) in [6, 6.07) is 0. The van der Waals surface area contributed by atoms with E-state index < -0.39 is 0 Å². The highest BCUT2D eigenvalue weighted by atomic mass is 16.1. The van der Waals surface area contributed by atoms with Gasteiger partial charge in [0.1, 0.15) is 6.33 Å². The second kappa shape index (κ2) is 3.48. The maximum atomic E-state index is 11.7. The summed E-state index contributed by atoms with van der Waals surface area (Å²) in [5, 5.41) is 0. The first-order valence-electron chi connectivity index (χ1n) is 5.07. The molecule has 0 saturated carbocycles. The summed E-state index contributed by atoms with van der Waals surface area (Å²) in [7, 11) is 0. The van der Waals surface area contributed by atoms with Crippen molar-refractivity contribution in [1.82, 2.24) is 9.97 Å². The SMILES string of the molecule is CC(C)c1ncnc2c1C(=O)CCC2. The van der Waals surface area contributed by atoms with Crippen LogP contribution < -0.4 is 0 Å². The summed E-state index contributed by atoms with van der Waals surface area (Å²) in [6.45, 7) is 4.12. The van der Waals surface area contributed by atoms with E-state index in [9.17, 15) is 4.79 Å². The smallest absolute Gasteiger partial charge is 0.166 e. The number of hydrogen-bond donors (Lipinski definition) is 0. The Morgan fingerprint density at radius 3 is 2.79 bits per heavy atom. The maximum absolute atomic E-state index is 11.7. The molecule has 3 nitrogen and oxygen atoms in total. The number of aromatic nitrogens is 2. The van der Waals surface area contributed by atoms with Crippen LogP contribution in [0.2, 0.25) is 0 Å². The van der Waals surface area contributed by atoms with E-state index in [1.54, 1.807) is 6.33 Å². The highest BCUT2D eigenvalue weighted by Gasteiger charge is 2.23. The molecule has 0 spiro atoms. The second-order valence-corrected chi connectivity index (χ2v) is 4.01. The third kappa shape index (κ3) is 1.43. The van der Waals surface area contributed by atoms with Gasteiger partial charge >= 0.3 is 0 Å². The number of aryl methyl sites for hydroxylation is 1. The lowest BCUT2D eigenvalue weighted by molar-refractivity contribution is 0.0969. The molecular weight excluding hydrogens is 176 g/mol. The van der Waals surface area contributed by atoms with Gasteiger partial charge in [0.2, 0.25) is 0 Å². The van der Waals surface area contributed by atoms with Crippen LogP contribution in [0.1, 0.15) is 54.4 Å². The average Bonchev–Trinajstić information content (AvgIpc) is 2.17. The fraction of sp³-hybridized carbons (Fsp3) is 0.545. The molecule has 1 heterocycles.